The van der Waals surface area contributed by atoms with E-state index >= 15 is 0 Å². The molecule has 0 N–H and O–H groups in total. The van der Waals surface area contributed by atoms with Gasteiger partial charge in [-0.25, -0.2) is 0 Å². The van der Waals surface area contributed by atoms with Crippen molar-refractivity contribution in [2.75, 3.05) is 4.90 Å². The number of hydrogen-bond acceptors (Lipinski definition) is 3. The molecular weight excluding hydrogens is 719 g/mol. The summed E-state index contributed by atoms with van der Waals surface area (Å²) in [4.78, 5) is 2.48. The second-order valence-corrected chi connectivity index (χ2v) is 20.2. The smallest absolute Gasteiger partial charge is 0.139 e. The fraction of sp³-hybridized carbons (Fsp3) is 0.250. The number of hydrogen-bond donors (Lipinski definition) is 0. The van der Waals surface area contributed by atoms with Gasteiger partial charge in [0.15, 0.2) is 0 Å². The number of para-hydroxylation sites is 1. The molecule has 0 unspecified atom stereocenters. The van der Waals surface area contributed by atoms with Gasteiger partial charge in [-0.3, -0.25) is 0 Å². The lowest BCUT2D eigenvalue weighted by atomic mass is 9.79. The van der Waals surface area contributed by atoms with E-state index in [9.17, 15) is 0 Å². The van der Waals surface area contributed by atoms with Gasteiger partial charge >= 0.3 is 0 Å². The van der Waals surface area contributed by atoms with E-state index in [2.05, 4.69) is 195 Å². The second kappa shape index (κ2) is 11.8. The van der Waals surface area contributed by atoms with Gasteiger partial charge in [0.1, 0.15) is 22.3 Å². The molecule has 0 bridgehead atoms. The summed E-state index contributed by atoms with van der Waals surface area (Å²) in [5.41, 5.74) is 19.6. The van der Waals surface area contributed by atoms with Crippen LogP contribution in [0, 0.1) is 0 Å². The van der Waals surface area contributed by atoms with Gasteiger partial charge < -0.3 is 13.7 Å². The molecule has 0 aliphatic heterocycles. The van der Waals surface area contributed by atoms with Gasteiger partial charge in [-0.1, -0.05) is 142 Å². The highest BCUT2D eigenvalue weighted by molar-refractivity contribution is 6.18. The van der Waals surface area contributed by atoms with E-state index in [1.165, 1.54) is 66.4 Å². The lowest BCUT2D eigenvalue weighted by molar-refractivity contribution is 0.559. The molecule has 9 aromatic rings. The fourth-order valence-corrected chi connectivity index (χ4v) is 10.5. The molecule has 59 heavy (non-hydrogen) atoms. The summed E-state index contributed by atoms with van der Waals surface area (Å²) in [6, 6.07) is 47.4. The Bertz CT molecular complexity index is 3240. The molecule has 0 saturated heterocycles. The third-order valence-electron chi connectivity index (χ3n) is 13.7. The molecule has 0 spiro atoms. The van der Waals surface area contributed by atoms with Crippen molar-refractivity contribution in [1.82, 2.24) is 0 Å². The van der Waals surface area contributed by atoms with Crippen molar-refractivity contribution < 1.29 is 8.83 Å². The highest BCUT2D eigenvalue weighted by atomic mass is 16.3. The van der Waals surface area contributed by atoms with Gasteiger partial charge in [-0.2, -0.15) is 0 Å². The number of furan rings is 2. The van der Waals surface area contributed by atoms with E-state index in [4.69, 9.17) is 8.83 Å². The lowest BCUT2D eigenvalue weighted by Crippen LogP contribution is -2.17. The third-order valence-corrected chi connectivity index (χ3v) is 13.7. The Labute approximate surface area is 347 Å². The third kappa shape index (κ3) is 5.00. The molecule has 0 fully saturated rings. The zero-order chi connectivity index (χ0) is 41.0. The lowest BCUT2D eigenvalue weighted by Gasteiger charge is -2.30. The van der Waals surface area contributed by atoms with Gasteiger partial charge in [0.05, 0.1) is 5.69 Å². The van der Waals surface area contributed by atoms with Crippen molar-refractivity contribution in [3.8, 4) is 22.3 Å². The molecule has 7 aromatic carbocycles. The molecular formula is C56H51NO2. The topological polar surface area (TPSA) is 29.5 Å². The van der Waals surface area contributed by atoms with Crippen molar-refractivity contribution in [3.63, 3.8) is 0 Å². The van der Waals surface area contributed by atoms with Crippen LogP contribution >= 0.6 is 0 Å². The monoisotopic (exact) mass is 769 g/mol. The van der Waals surface area contributed by atoms with Gasteiger partial charge in [-0.05, 0) is 104 Å². The molecule has 0 radical (unpaired) electrons. The molecule has 2 aliphatic carbocycles. The Kier molecular flexibility index (Phi) is 7.20. The molecule has 0 amide bonds. The minimum absolute atomic E-state index is 0.0365. The number of anilines is 3. The summed E-state index contributed by atoms with van der Waals surface area (Å²) < 4.78 is 13.6. The zero-order valence-corrected chi connectivity index (χ0v) is 35.9. The van der Waals surface area contributed by atoms with Crippen LogP contribution in [0.15, 0.2) is 136 Å². The van der Waals surface area contributed by atoms with E-state index in [1.54, 1.807) is 0 Å². The van der Waals surface area contributed by atoms with E-state index < -0.39 is 0 Å². The van der Waals surface area contributed by atoms with Crippen molar-refractivity contribution >= 4 is 60.9 Å². The first-order chi connectivity index (χ1) is 28.0. The Morgan fingerprint density at radius 3 is 1.92 bits per heavy atom. The van der Waals surface area contributed by atoms with Gasteiger partial charge in [-0.15, -0.1) is 0 Å². The highest BCUT2D eigenvalue weighted by Crippen LogP contribution is 2.59. The van der Waals surface area contributed by atoms with Crippen molar-refractivity contribution in [3.05, 3.63) is 161 Å². The van der Waals surface area contributed by atoms with Crippen molar-refractivity contribution in [2.24, 2.45) is 0 Å². The largest absolute Gasteiger partial charge is 0.456 e. The van der Waals surface area contributed by atoms with E-state index in [0.29, 0.717) is 0 Å². The molecule has 2 aliphatic rings. The Balaban J connectivity index is 1.23. The molecule has 0 atom stereocenters. The average Bonchev–Trinajstić information content (AvgIpc) is 3.89. The van der Waals surface area contributed by atoms with Crippen molar-refractivity contribution in [2.45, 2.75) is 90.9 Å². The maximum absolute atomic E-state index is 7.01. The molecule has 2 aromatic heterocycles. The molecule has 292 valence electrons. The normalized spacial score (nSPS) is 15.2. The minimum Gasteiger partial charge on any atom is -0.456 e. The first kappa shape index (κ1) is 36.1. The predicted octanol–water partition coefficient (Wildman–Crippen LogP) is 16.2. The fourth-order valence-electron chi connectivity index (χ4n) is 10.5. The maximum atomic E-state index is 7.01. The SMILES string of the molecule is CC(C)(C)c1cc(C(C)(C)C)c2oc3ccc4c(c3c2c1)-c1c(N(c2ccc3c(c2)C(C)(C)c2ccccc2-3)c2ccc3c(c2)oc2ccccc23)cccc1C4(C)C. The van der Waals surface area contributed by atoms with Crippen LogP contribution in [0.5, 0.6) is 0 Å². The van der Waals surface area contributed by atoms with Crippen LogP contribution in [0.4, 0.5) is 17.1 Å². The number of benzene rings is 7. The Morgan fingerprint density at radius 2 is 1.12 bits per heavy atom. The standard InChI is InChI=1S/C56H51NO2/c1-53(2,3)32-28-39-49-47(59-52(39)44(29-32)54(4,5)6)27-26-42-51(49)50-41(56(42,9)10)19-15-20-45(50)57(34-23-25-38-37-17-12-14-21-46(37)58-48(38)31-34)33-22-24-36-35-16-11-13-18-40(35)55(7,8)43(36)30-33/h11-31H,1-10H3. The highest BCUT2D eigenvalue weighted by Gasteiger charge is 2.41. The van der Waals surface area contributed by atoms with E-state index in [1.807, 2.05) is 6.07 Å². The summed E-state index contributed by atoms with van der Waals surface area (Å²) in [7, 11) is 0. The molecule has 2 heterocycles. The molecule has 3 heteroatoms. The van der Waals surface area contributed by atoms with Gasteiger partial charge in [0.2, 0.25) is 0 Å². The summed E-state index contributed by atoms with van der Waals surface area (Å²) in [5.74, 6) is 0. The number of rotatable bonds is 3. The Hall–Kier alpha value is -6.06. The van der Waals surface area contributed by atoms with Crippen LogP contribution in [0.2, 0.25) is 0 Å². The average molecular weight is 770 g/mol. The van der Waals surface area contributed by atoms with Crippen LogP contribution in [-0.2, 0) is 21.7 Å². The number of nitrogens with zero attached hydrogens (tertiary/aromatic N) is 1. The number of fused-ring (bicyclic) bond motifs is 13. The molecule has 11 rings (SSSR count). The summed E-state index contributed by atoms with van der Waals surface area (Å²) in [6.45, 7) is 23.4. The molecule has 0 saturated carbocycles. The summed E-state index contributed by atoms with van der Waals surface area (Å²) in [6.07, 6.45) is 0. The Morgan fingerprint density at radius 1 is 0.458 bits per heavy atom. The molecule has 3 nitrogen and oxygen atoms in total. The van der Waals surface area contributed by atoms with Crippen LogP contribution in [0.1, 0.15) is 103 Å². The van der Waals surface area contributed by atoms with Crippen LogP contribution in [0.3, 0.4) is 0 Å². The predicted molar refractivity (Wildman–Crippen MR) is 248 cm³/mol. The maximum Gasteiger partial charge on any atom is 0.139 e. The van der Waals surface area contributed by atoms with Crippen LogP contribution < -0.4 is 4.90 Å². The van der Waals surface area contributed by atoms with E-state index in [0.717, 1.165) is 50.2 Å². The van der Waals surface area contributed by atoms with E-state index in [-0.39, 0.29) is 21.7 Å². The van der Waals surface area contributed by atoms with Gasteiger partial charge in [0, 0.05) is 60.9 Å². The summed E-state index contributed by atoms with van der Waals surface area (Å²) >= 11 is 0. The van der Waals surface area contributed by atoms with Crippen LogP contribution in [0.25, 0.3) is 66.1 Å². The summed E-state index contributed by atoms with van der Waals surface area (Å²) in [5, 5.41) is 4.65. The van der Waals surface area contributed by atoms with Crippen molar-refractivity contribution in [1.29, 1.82) is 0 Å². The van der Waals surface area contributed by atoms with Crippen LogP contribution in [-0.4, -0.2) is 0 Å². The first-order valence-corrected chi connectivity index (χ1v) is 21.2. The first-order valence-electron chi connectivity index (χ1n) is 21.2. The van der Waals surface area contributed by atoms with Gasteiger partial charge in [0.25, 0.3) is 0 Å². The zero-order valence-electron chi connectivity index (χ0n) is 35.9. The second-order valence-electron chi connectivity index (χ2n) is 20.2. The quantitative estimate of drug-likeness (QED) is 0.179. The minimum atomic E-state index is -0.247.